The number of hydrogen-bond acceptors (Lipinski definition) is 7. The summed E-state index contributed by atoms with van der Waals surface area (Å²) >= 11 is 0. The minimum absolute atomic E-state index is 0.0422. The van der Waals surface area contributed by atoms with Crippen molar-refractivity contribution in [1.29, 1.82) is 0 Å². The van der Waals surface area contributed by atoms with Gasteiger partial charge in [-0.15, -0.1) is 0 Å². The molecule has 0 heterocycles. The Balaban J connectivity index is 1.79. The van der Waals surface area contributed by atoms with Crippen LogP contribution in [0.3, 0.4) is 0 Å². The smallest absolute Gasteiger partial charge is 0.314 e. The molecule has 1 saturated carbocycles. The molecule has 0 unspecified atom stereocenters. The Kier molecular flexibility index (Phi) is 8.51. The van der Waals surface area contributed by atoms with Gasteiger partial charge in [-0.2, -0.15) is 0 Å². The fourth-order valence-electron chi connectivity index (χ4n) is 3.45. The van der Waals surface area contributed by atoms with E-state index in [1.807, 2.05) is 0 Å². The standard InChI is InChI=1S/C22H29NO6/c1-14(24)21(15(2)25)29-20(26)12-7-16-5-10-19(11-6-16)28-22(27)18-8-3-17(13-23)4-9-18/h5-6,10-11,17-18,21H,3-4,7-9,12-13,23H2,1-2H3. The molecule has 0 bridgehead atoms. The van der Waals surface area contributed by atoms with E-state index in [-0.39, 0.29) is 18.3 Å². The van der Waals surface area contributed by atoms with E-state index in [1.54, 1.807) is 24.3 Å². The summed E-state index contributed by atoms with van der Waals surface area (Å²) in [6.45, 7) is 3.09. The van der Waals surface area contributed by atoms with Crippen molar-refractivity contribution >= 4 is 23.5 Å². The van der Waals surface area contributed by atoms with Gasteiger partial charge in [0.05, 0.1) is 5.92 Å². The van der Waals surface area contributed by atoms with Crippen molar-refractivity contribution in [3.05, 3.63) is 29.8 Å². The molecule has 29 heavy (non-hydrogen) atoms. The van der Waals surface area contributed by atoms with E-state index in [9.17, 15) is 19.2 Å². The van der Waals surface area contributed by atoms with E-state index < -0.39 is 23.6 Å². The fraction of sp³-hybridized carbons (Fsp3) is 0.545. The molecule has 7 nitrogen and oxygen atoms in total. The second kappa shape index (κ2) is 10.9. The molecule has 0 spiro atoms. The van der Waals surface area contributed by atoms with E-state index >= 15 is 0 Å². The van der Waals surface area contributed by atoms with Crippen LogP contribution in [0.1, 0.15) is 51.5 Å². The molecule has 2 rings (SSSR count). The van der Waals surface area contributed by atoms with Gasteiger partial charge in [0.2, 0.25) is 6.10 Å². The third-order valence-electron chi connectivity index (χ3n) is 5.26. The molecular formula is C22H29NO6. The molecule has 1 aromatic carbocycles. The Morgan fingerprint density at radius 2 is 1.59 bits per heavy atom. The van der Waals surface area contributed by atoms with E-state index in [4.69, 9.17) is 15.2 Å². The number of carbonyl (C=O) groups excluding carboxylic acids is 4. The van der Waals surface area contributed by atoms with Crippen molar-refractivity contribution in [2.75, 3.05) is 6.54 Å². The first-order chi connectivity index (χ1) is 13.8. The summed E-state index contributed by atoms with van der Waals surface area (Å²) in [7, 11) is 0. The molecule has 2 N–H and O–H groups in total. The van der Waals surface area contributed by atoms with E-state index in [0.29, 0.717) is 24.6 Å². The minimum atomic E-state index is -1.33. The highest BCUT2D eigenvalue weighted by Gasteiger charge is 2.27. The molecule has 0 amide bonds. The summed E-state index contributed by atoms with van der Waals surface area (Å²) in [5.41, 5.74) is 6.53. The van der Waals surface area contributed by atoms with Gasteiger partial charge in [-0.25, -0.2) is 0 Å². The van der Waals surface area contributed by atoms with Crippen LogP contribution in [0.25, 0.3) is 0 Å². The topological polar surface area (TPSA) is 113 Å². The predicted octanol–water partition coefficient (Wildman–Crippen LogP) is 2.38. The quantitative estimate of drug-likeness (QED) is 0.383. The summed E-state index contributed by atoms with van der Waals surface area (Å²) in [5.74, 6) is -0.910. The van der Waals surface area contributed by atoms with Gasteiger partial charge in [0.25, 0.3) is 0 Å². The molecule has 7 heteroatoms. The SMILES string of the molecule is CC(=O)C(OC(=O)CCc1ccc(OC(=O)C2CCC(CN)CC2)cc1)C(C)=O. The summed E-state index contributed by atoms with van der Waals surface area (Å²) in [5, 5.41) is 0. The van der Waals surface area contributed by atoms with Crippen LogP contribution in [0.4, 0.5) is 0 Å². The maximum absolute atomic E-state index is 12.3. The summed E-state index contributed by atoms with van der Waals surface area (Å²) in [4.78, 5) is 46.8. The second-order valence-corrected chi connectivity index (χ2v) is 7.61. The number of hydrogen-bond donors (Lipinski definition) is 1. The number of ketones is 2. The first-order valence-corrected chi connectivity index (χ1v) is 10.0. The molecule has 1 fully saturated rings. The zero-order valence-corrected chi connectivity index (χ0v) is 17.0. The van der Waals surface area contributed by atoms with Crippen molar-refractivity contribution in [1.82, 2.24) is 0 Å². The van der Waals surface area contributed by atoms with Gasteiger partial charge in [-0.3, -0.25) is 19.2 Å². The molecule has 0 aliphatic heterocycles. The first kappa shape index (κ1) is 22.7. The predicted molar refractivity (Wildman–Crippen MR) is 106 cm³/mol. The van der Waals surface area contributed by atoms with Crippen molar-refractivity contribution in [2.45, 2.75) is 58.5 Å². The highest BCUT2D eigenvalue weighted by atomic mass is 16.6. The Hall–Kier alpha value is -2.54. The first-order valence-electron chi connectivity index (χ1n) is 10.0. The van der Waals surface area contributed by atoms with Crippen LogP contribution in [-0.4, -0.2) is 36.2 Å². The maximum atomic E-state index is 12.3. The monoisotopic (exact) mass is 403 g/mol. The molecule has 0 radical (unpaired) electrons. The Labute approximate surface area is 170 Å². The lowest BCUT2D eigenvalue weighted by Gasteiger charge is -2.26. The second-order valence-electron chi connectivity index (χ2n) is 7.61. The maximum Gasteiger partial charge on any atom is 0.314 e. The van der Waals surface area contributed by atoms with E-state index in [2.05, 4.69) is 0 Å². The average Bonchev–Trinajstić information content (AvgIpc) is 2.71. The molecule has 1 aliphatic carbocycles. The lowest BCUT2D eigenvalue weighted by molar-refractivity contribution is -0.159. The Morgan fingerprint density at radius 1 is 1.00 bits per heavy atom. The van der Waals surface area contributed by atoms with Crippen LogP contribution in [0.5, 0.6) is 5.75 Å². The van der Waals surface area contributed by atoms with Gasteiger partial charge in [0, 0.05) is 6.42 Å². The Bertz CT molecular complexity index is 720. The number of nitrogens with two attached hydrogens (primary N) is 1. The molecule has 158 valence electrons. The van der Waals surface area contributed by atoms with E-state index in [1.165, 1.54) is 13.8 Å². The number of Topliss-reactive ketones (excluding diaryl/α,β-unsaturated/α-hetero) is 2. The number of benzene rings is 1. The average molecular weight is 403 g/mol. The van der Waals surface area contributed by atoms with Crippen molar-refractivity contribution in [3.8, 4) is 5.75 Å². The third-order valence-corrected chi connectivity index (χ3v) is 5.26. The zero-order chi connectivity index (χ0) is 21.4. The normalized spacial score (nSPS) is 18.9. The minimum Gasteiger partial charge on any atom is -0.446 e. The molecular weight excluding hydrogens is 374 g/mol. The van der Waals surface area contributed by atoms with Gasteiger partial charge in [0.1, 0.15) is 5.75 Å². The fourth-order valence-corrected chi connectivity index (χ4v) is 3.45. The highest BCUT2D eigenvalue weighted by Crippen LogP contribution is 2.29. The van der Waals surface area contributed by atoms with Crippen LogP contribution >= 0.6 is 0 Å². The molecule has 1 aromatic rings. The van der Waals surface area contributed by atoms with Crippen molar-refractivity contribution in [2.24, 2.45) is 17.6 Å². The van der Waals surface area contributed by atoms with E-state index in [0.717, 1.165) is 31.2 Å². The van der Waals surface area contributed by atoms with Crippen molar-refractivity contribution in [3.63, 3.8) is 0 Å². The van der Waals surface area contributed by atoms with Crippen LogP contribution in [-0.2, 0) is 30.3 Å². The van der Waals surface area contributed by atoms with Gasteiger partial charge in [-0.05, 0) is 76.1 Å². The number of carbonyl (C=O) groups is 4. The number of esters is 2. The summed E-state index contributed by atoms with van der Waals surface area (Å²) in [6, 6.07) is 6.93. The van der Waals surface area contributed by atoms with Crippen LogP contribution in [0.15, 0.2) is 24.3 Å². The lowest BCUT2D eigenvalue weighted by atomic mass is 9.82. The van der Waals surface area contributed by atoms with Gasteiger partial charge < -0.3 is 15.2 Å². The van der Waals surface area contributed by atoms with Crippen LogP contribution in [0.2, 0.25) is 0 Å². The number of aryl methyl sites for hydroxylation is 1. The molecule has 1 aliphatic rings. The largest absolute Gasteiger partial charge is 0.446 e. The van der Waals surface area contributed by atoms with Crippen molar-refractivity contribution < 1.29 is 28.7 Å². The molecule has 0 aromatic heterocycles. The Morgan fingerprint density at radius 3 is 2.10 bits per heavy atom. The summed E-state index contributed by atoms with van der Waals surface area (Å²) in [6.07, 6.45) is 2.63. The van der Waals surface area contributed by atoms with Gasteiger partial charge in [-0.1, -0.05) is 12.1 Å². The highest BCUT2D eigenvalue weighted by molar-refractivity contribution is 6.04. The number of rotatable bonds is 9. The van der Waals surface area contributed by atoms with Crippen LogP contribution in [0, 0.1) is 11.8 Å². The summed E-state index contributed by atoms with van der Waals surface area (Å²) < 4.78 is 10.4. The van der Waals surface area contributed by atoms with Gasteiger partial charge in [0.15, 0.2) is 11.6 Å². The molecule has 0 atom stereocenters. The van der Waals surface area contributed by atoms with Gasteiger partial charge >= 0.3 is 11.9 Å². The van der Waals surface area contributed by atoms with Crippen LogP contribution < -0.4 is 10.5 Å². The number of ether oxygens (including phenoxy) is 2. The molecule has 0 saturated heterocycles. The zero-order valence-electron chi connectivity index (χ0n) is 17.0. The third kappa shape index (κ3) is 7.09. The lowest BCUT2D eigenvalue weighted by Crippen LogP contribution is -2.32.